The van der Waals surface area contributed by atoms with Gasteiger partial charge in [-0.25, -0.2) is 4.79 Å². The number of fused-ring (bicyclic) bond motifs is 1. The molecule has 0 aromatic rings. The molecule has 0 spiro atoms. The van der Waals surface area contributed by atoms with E-state index >= 15 is 0 Å². The van der Waals surface area contributed by atoms with E-state index in [9.17, 15) is 9.90 Å². The summed E-state index contributed by atoms with van der Waals surface area (Å²) in [4.78, 5) is 12.4. The average Bonchev–Trinajstić information content (AvgIpc) is 2.77. The van der Waals surface area contributed by atoms with Gasteiger partial charge in [-0.05, 0) is 24.7 Å². The van der Waals surface area contributed by atoms with Gasteiger partial charge in [0.1, 0.15) is 5.60 Å². The summed E-state index contributed by atoms with van der Waals surface area (Å²) in [6.45, 7) is 4.43. The molecule has 4 atom stereocenters. The number of hydrogen-bond donors (Lipinski definition) is 2. The molecular formula is C12H16Cl3NO3. The minimum absolute atomic E-state index is 0.00900. The molecule has 2 N–H and O–H groups in total. The predicted molar refractivity (Wildman–Crippen MR) is 74.7 cm³/mol. The van der Waals surface area contributed by atoms with Gasteiger partial charge in [0.05, 0.1) is 0 Å². The summed E-state index contributed by atoms with van der Waals surface area (Å²) >= 11 is 17.8. The van der Waals surface area contributed by atoms with Crippen molar-refractivity contribution in [1.82, 2.24) is 4.90 Å². The highest BCUT2D eigenvalue weighted by Crippen LogP contribution is 2.58. The van der Waals surface area contributed by atoms with Crippen molar-refractivity contribution in [3.05, 3.63) is 12.7 Å². The van der Waals surface area contributed by atoms with Gasteiger partial charge in [-0.2, -0.15) is 0 Å². The van der Waals surface area contributed by atoms with Gasteiger partial charge >= 0.3 is 6.09 Å². The maximum Gasteiger partial charge on any atom is 0.407 e. The van der Waals surface area contributed by atoms with E-state index in [0.29, 0.717) is 25.9 Å². The molecule has 2 rings (SSSR count). The number of hydrogen-bond acceptors (Lipinski definition) is 2. The first-order valence-electron chi connectivity index (χ1n) is 6.08. The first-order valence-corrected chi connectivity index (χ1v) is 7.22. The molecule has 1 heterocycles. The van der Waals surface area contributed by atoms with Gasteiger partial charge in [0.15, 0.2) is 0 Å². The maximum absolute atomic E-state index is 11.0. The third kappa shape index (κ3) is 2.44. The van der Waals surface area contributed by atoms with Crippen molar-refractivity contribution in [2.45, 2.75) is 22.2 Å². The molecule has 1 aliphatic carbocycles. The minimum Gasteiger partial charge on any atom is -0.465 e. The number of carbonyl (C=O) groups is 1. The zero-order valence-electron chi connectivity index (χ0n) is 10.2. The number of amides is 1. The highest BCUT2D eigenvalue weighted by molar-refractivity contribution is 6.68. The molecule has 1 amide bonds. The van der Waals surface area contributed by atoms with Crippen LogP contribution in [0.2, 0.25) is 0 Å². The molecule has 0 bridgehead atoms. The van der Waals surface area contributed by atoms with E-state index in [-0.39, 0.29) is 17.8 Å². The Balaban J connectivity index is 2.26. The Hall–Kier alpha value is -0.160. The van der Waals surface area contributed by atoms with Crippen molar-refractivity contribution in [2.75, 3.05) is 13.1 Å². The number of likely N-dealkylation sites (tertiary alicyclic amines) is 1. The monoisotopic (exact) mass is 327 g/mol. The fraction of sp³-hybridized carbons (Fsp3) is 0.750. The molecule has 2 aliphatic rings. The van der Waals surface area contributed by atoms with E-state index in [0.717, 1.165) is 0 Å². The number of carboxylic acid groups (broad SMARTS) is 1. The molecule has 19 heavy (non-hydrogen) atoms. The second-order valence-electron chi connectivity index (χ2n) is 5.37. The summed E-state index contributed by atoms with van der Waals surface area (Å²) in [6, 6.07) is 0. The number of allylic oxidation sites excluding steroid dienone is 1. The number of aliphatic hydroxyl groups is 1. The van der Waals surface area contributed by atoms with Crippen LogP contribution in [0.5, 0.6) is 0 Å². The summed E-state index contributed by atoms with van der Waals surface area (Å²) in [5.41, 5.74) is -1.42. The quantitative estimate of drug-likeness (QED) is 0.605. The zero-order valence-corrected chi connectivity index (χ0v) is 12.5. The van der Waals surface area contributed by atoms with E-state index in [2.05, 4.69) is 6.58 Å². The van der Waals surface area contributed by atoms with Crippen LogP contribution in [0.15, 0.2) is 12.7 Å². The van der Waals surface area contributed by atoms with Crippen molar-refractivity contribution in [3.8, 4) is 0 Å². The lowest BCUT2D eigenvalue weighted by atomic mass is 9.83. The van der Waals surface area contributed by atoms with Crippen LogP contribution in [-0.2, 0) is 0 Å². The topological polar surface area (TPSA) is 60.8 Å². The standard InChI is InChI=1S/C12H16Cl3NO3/c1-2-3-9-8-6-16(10(17)18)5-7(8)4-11(9,19)12(13,14)15/h2,7-9,19H,1,3-6H2,(H,17,18)/t7-,8+,9-,11?/m0/s1. The van der Waals surface area contributed by atoms with Crippen molar-refractivity contribution < 1.29 is 15.0 Å². The molecule has 0 radical (unpaired) electrons. The second kappa shape index (κ2) is 4.99. The Kier molecular flexibility index (Phi) is 4.00. The Morgan fingerprint density at radius 2 is 2.11 bits per heavy atom. The maximum atomic E-state index is 11.0. The van der Waals surface area contributed by atoms with Crippen LogP contribution in [0.1, 0.15) is 12.8 Å². The Labute approximate surface area is 126 Å². The van der Waals surface area contributed by atoms with Crippen LogP contribution in [0.4, 0.5) is 4.79 Å². The Morgan fingerprint density at radius 3 is 2.58 bits per heavy atom. The molecule has 0 aromatic carbocycles. The van der Waals surface area contributed by atoms with Gasteiger partial charge in [-0.1, -0.05) is 40.9 Å². The van der Waals surface area contributed by atoms with Crippen molar-refractivity contribution in [1.29, 1.82) is 0 Å². The van der Waals surface area contributed by atoms with Crippen molar-refractivity contribution in [2.24, 2.45) is 17.8 Å². The molecule has 1 saturated carbocycles. The van der Waals surface area contributed by atoms with Crippen LogP contribution < -0.4 is 0 Å². The molecule has 0 aromatic heterocycles. The smallest absolute Gasteiger partial charge is 0.407 e. The summed E-state index contributed by atoms with van der Waals surface area (Å²) in [5.74, 6) is -0.247. The van der Waals surface area contributed by atoms with Crippen LogP contribution in [0.25, 0.3) is 0 Å². The average molecular weight is 329 g/mol. The molecule has 4 nitrogen and oxygen atoms in total. The third-order valence-corrected chi connectivity index (χ3v) is 5.36. The first-order chi connectivity index (χ1) is 8.70. The molecule has 2 fully saturated rings. The zero-order chi connectivity index (χ0) is 14.4. The van der Waals surface area contributed by atoms with Gasteiger partial charge in [-0.15, -0.1) is 6.58 Å². The second-order valence-corrected chi connectivity index (χ2v) is 7.65. The lowest BCUT2D eigenvalue weighted by molar-refractivity contribution is -0.00812. The molecule has 7 heteroatoms. The van der Waals surface area contributed by atoms with E-state index in [1.807, 2.05) is 0 Å². The first kappa shape index (κ1) is 15.2. The predicted octanol–water partition coefficient (Wildman–Crippen LogP) is 2.91. The van der Waals surface area contributed by atoms with Crippen LogP contribution in [0, 0.1) is 17.8 Å². The molecule has 1 aliphatic heterocycles. The highest BCUT2D eigenvalue weighted by atomic mass is 35.6. The SMILES string of the molecule is C=CC[C@H]1[C@@H]2CN(C(=O)O)C[C@@H]2CC1(O)C(Cl)(Cl)Cl. The number of nitrogens with zero attached hydrogens (tertiary/aromatic N) is 1. The minimum atomic E-state index is -1.78. The van der Waals surface area contributed by atoms with E-state index in [1.54, 1.807) is 6.08 Å². The van der Waals surface area contributed by atoms with Gasteiger partial charge in [0, 0.05) is 19.0 Å². The van der Waals surface area contributed by atoms with E-state index < -0.39 is 15.5 Å². The molecular weight excluding hydrogens is 312 g/mol. The van der Waals surface area contributed by atoms with Gasteiger partial charge in [0.25, 0.3) is 0 Å². The largest absolute Gasteiger partial charge is 0.465 e. The lowest BCUT2D eigenvalue weighted by Gasteiger charge is -2.38. The normalized spacial score (nSPS) is 38.3. The van der Waals surface area contributed by atoms with E-state index in [4.69, 9.17) is 39.9 Å². The van der Waals surface area contributed by atoms with Crippen LogP contribution >= 0.6 is 34.8 Å². The van der Waals surface area contributed by atoms with Crippen LogP contribution in [0.3, 0.4) is 0 Å². The van der Waals surface area contributed by atoms with Crippen molar-refractivity contribution in [3.63, 3.8) is 0 Å². The number of halogens is 3. The third-order valence-electron chi connectivity index (χ3n) is 4.38. The summed E-state index contributed by atoms with van der Waals surface area (Å²) in [7, 11) is 0. The Bertz CT molecular complexity index is 398. The van der Waals surface area contributed by atoms with Gasteiger partial charge in [-0.3, -0.25) is 0 Å². The number of alkyl halides is 3. The Morgan fingerprint density at radius 1 is 1.47 bits per heavy atom. The van der Waals surface area contributed by atoms with Gasteiger partial charge < -0.3 is 15.1 Å². The fourth-order valence-electron chi connectivity index (χ4n) is 3.50. The molecule has 1 unspecified atom stereocenters. The summed E-state index contributed by atoms with van der Waals surface area (Å²) in [5, 5.41) is 19.8. The van der Waals surface area contributed by atoms with Crippen molar-refractivity contribution >= 4 is 40.9 Å². The van der Waals surface area contributed by atoms with E-state index in [1.165, 1.54) is 4.90 Å². The van der Waals surface area contributed by atoms with Crippen LogP contribution in [-0.4, -0.2) is 43.7 Å². The summed E-state index contributed by atoms with van der Waals surface area (Å²) in [6.07, 6.45) is 1.54. The highest BCUT2D eigenvalue weighted by Gasteiger charge is 2.63. The van der Waals surface area contributed by atoms with Gasteiger partial charge in [0.2, 0.25) is 3.79 Å². The molecule has 108 valence electrons. The fourth-order valence-corrected chi connectivity index (χ4v) is 4.16. The number of rotatable bonds is 2. The molecule has 1 saturated heterocycles. The summed E-state index contributed by atoms with van der Waals surface area (Å²) < 4.78 is -1.78. The lowest BCUT2D eigenvalue weighted by Crippen LogP contribution is -2.48.